The summed E-state index contributed by atoms with van der Waals surface area (Å²) < 4.78 is 5.33. The number of carbonyl (C=O) groups is 2. The Kier molecular flexibility index (Phi) is 2.64. The second-order valence-electron chi connectivity index (χ2n) is 4.20. The first-order chi connectivity index (χ1) is 9.15. The van der Waals surface area contributed by atoms with Gasteiger partial charge in [-0.1, -0.05) is 35.9 Å². The van der Waals surface area contributed by atoms with E-state index in [1.54, 1.807) is 6.07 Å². The summed E-state index contributed by atoms with van der Waals surface area (Å²) in [4.78, 5) is 24.0. The fourth-order valence-corrected chi connectivity index (χ4v) is 2.71. The Bertz CT molecular complexity index is 760. The maximum absolute atomic E-state index is 12.0. The standard InChI is InChI=1S/C15H9ClO3/c1-19-15-9-5-3-2-4-8(9)14(16)12-10(17)6-7-11(18)13(12)15/h2-7H,1H3. The predicted molar refractivity (Wildman–Crippen MR) is 73.3 cm³/mol. The molecule has 1 aliphatic carbocycles. The Morgan fingerprint density at radius 1 is 0.947 bits per heavy atom. The summed E-state index contributed by atoms with van der Waals surface area (Å²) in [5, 5.41) is 1.73. The Hall–Kier alpha value is -2.13. The van der Waals surface area contributed by atoms with Crippen molar-refractivity contribution in [3.8, 4) is 5.75 Å². The predicted octanol–water partition coefficient (Wildman–Crippen LogP) is 3.44. The lowest BCUT2D eigenvalue weighted by Gasteiger charge is -2.17. The Balaban J connectivity index is 2.56. The van der Waals surface area contributed by atoms with Crippen LogP contribution in [-0.2, 0) is 0 Å². The molecule has 0 amide bonds. The molecule has 3 rings (SSSR count). The summed E-state index contributed by atoms with van der Waals surface area (Å²) in [6.07, 6.45) is 2.49. The third-order valence-electron chi connectivity index (χ3n) is 3.19. The van der Waals surface area contributed by atoms with E-state index >= 15 is 0 Å². The molecule has 0 spiro atoms. The second-order valence-corrected chi connectivity index (χ2v) is 4.58. The molecule has 0 saturated heterocycles. The number of allylic oxidation sites excluding steroid dienone is 2. The topological polar surface area (TPSA) is 43.4 Å². The van der Waals surface area contributed by atoms with Crippen LogP contribution >= 0.6 is 11.6 Å². The van der Waals surface area contributed by atoms with E-state index < -0.39 is 0 Å². The highest BCUT2D eigenvalue weighted by molar-refractivity contribution is 6.42. The summed E-state index contributed by atoms with van der Waals surface area (Å²) in [5.74, 6) is -0.138. The molecule has 94 valence electrons. The van der Waals surface area contributed by atoms with Gasteiger partial charge in [-0.15, -0.1) is 0 Å². The molecule has 2 aromatic rings. The molecule has 0 atom stereocenters. The molecule has 19 heavy (non-hydrogen) atoms. The third-order valence-corrected chi connectivity index (χ3v) is 3.58. The largest absolute Gasteiger partial charge is 0.495 e. The minimum absolute atomic E-state index is 0.227. The van der Waals surface area contributed by atoms with Crippen molar-refractivity contribution in [1.29, 1.82) is 0 Å². The van der Waals surface area contributed by atoms with Crippen molar-refractivity contribution in [3.05, 3.63) is 52.6 Å². The highest BCUT2D eigenvalue weighted by atomic mass is 35.5. The Morgan fingerprint density at radius 2 is 1.53 bits per heavy atom. The van der Waals surface area contributed by atoms with Crippen molar-refractivity contribution >= 4 is 33.9 Å². The lowest BCUT2D eigenvalue weighted by Crippen LogP contribution is -2.14. The normalized spacial score (nSPS) is 13.8. The maximum Gasteiger partial charge on any atom is 0.190 e. The highest BCUT2D eigenvalue weighted by Crippen LogP contribution is 2.40. The van der Waals surface area contributed by atoms with Gasteiger partial charge in [-0.25, -0.2) is 0 Å². The van der Waals surface area contributed by atoms with Crippen molar-refractivity contribution < 1.29 is 14.3 Å². The minimum atomic E-state index is -0.274. The molecule has 0 saturated carbocycles. The van der Waals surface area contributed by atoms with Gasteiger partial charge in [0, 0.05) is 10.8 Å². The van der Waals surface area contributed by atoms with Crippen LogP contribution in [0.1, 0.15) is 20.7 Å². The van der Waals surface area contributed by atoms with Gasteiger partial charge in [-0.2, -0.15) is 0 Å². The van der Waals surface area contributed by atoms with Crippen LogP contribution < -0.4 is 4.74 Å². The lowest BCUT2D eigenvalue weighted by atomic mass is 9.90. The summed E-state index contributed by atoms with van der Waals surface area (Å²) in [5.41, 5.74) is 0.475. The molecule has 0 fully saturated rings. The number of ether oxygens (including phenoxy) is 1. The van der Waals surface area contributed by atoms with Gasteiger partial charge >= 0.3 is 0 Å². The number of benzene rings is 2. The zero-order valence-electron chi connectivity index (χ0n) is 10.1. The van der Waals surface area contributed by atoms with Gasteiger partial charge in [0.25, 0.3) is 0 Å². The molecule has 4 heteroatoms. The number of hydrogen-bond acceptors (Lipinski definition) is 3. The first kappa shape index (κ1) is 11.9. The number of hydrogen-bond donors (Lipinski definition) is 0. The Labute approximate surface area is 114 Å². The minimum Gasteiger partial charge on any atom is -0.495 e. The SMILES string of the molecule is COc1c2c(c(Cl)c3ccccc13)C(=O)C=CC2=O. The highest BCUT2D eigenvalue weighted by Gasteiger charge is 2.28. The molecule has 0 aromatic heterocycles. The van der Waals surface area contributed by atoms with Crippen LogP contribution in [-0.4, -0.2) is 18.7 Å². The van der Waals surface area contributed by atoms with Gasteiger partial charge in [-0.05, 0) is 12.2 Å². The molecule has 0 aliphatic heterocycles. The zero-order valence-corrected chi connectivity index (χ0v) is 10.8. The molecular formula is C15H9ClO3. The van der Waals surface area contributed by atoms with Crippen LogP contribution in [0.2, 0.25) is 5.02 Å². The zero-order chi connectivity index (χ0) is 13.6. The Morgan fingerprint density at radius 3 is 2.16 bits per heavy atom. The molecule has 0 heterocycles. The fraction of sp³-hybridized carbons (Fsp3) is 0.0667. The summed E-state index contributed by atoms with van der Waals surface area (Å²) in [6, 6.07) is 7.27. The van der Waals surface area contributed by atoms with E-state index in [2.05, 4.69) is 0 Å². The van der Waals surface area contributed by atoms with Crippen LogP contribution in [0.5, 0.6) is 5.75 Å². The number of fused-ring (bicyclic) bond motifs is 2. The number of ketones is 2. The van der Waals surface area contributed by atoms with Crippen LogP contribution in [0.4, 0.5) is 0 Å². The van der Waals surface area contributed by atoms with E-state index in [0.717, 1.165) is 5.39 Å². The number of halogens is 1. The van der Waals surface area contributed by atoms with E-state index in [1.165, 1.54) is 19.3 Å². The van der Waals surface area contributed by atoms with Gasteiger partial charge in [0.1, 0.15) is 5.75 Å². The van der Waals surface area contributed by atoms with Crippen molar-refractivity contribution in [1.82, 2.24) is 0 Å². The van der Waals surface area contributed by atoms with Crippen LogP contribution in [0.3, 0.4) is 0 Å². The van der Waals surface area contributed by atoms with Crippen LogP contribution in [0, 0.1) is 0 Å². The van der Waals surface area contributed by atoms with Crippen LogP contribution in [0.25, 0.3) is 10.8 Å². The first-order valence-electron chi connectivity index (χ1n) is 5.70. The summed E-state index contributed by atoms with van der Waals surface area (Å²) >= 11 is 6.29. The van der Waals surface area contributed by atoms with Crippen molar-refractivity contribution in [2.24, 2.45) is 0 Å². The summed E-state index contributed by atoms with van der Waals surface area (Å²) in [6.45, 7) is 0. The van der Waals surface area contributed by atoms with Crippen LogP contribution in [0.15, 0.2) is 36.4 Å². The quantitative estimate of drug-likeness (QED) is 0.799. The van der Waals surface area contributed by atoms with E-state index in [-0.39, 0.29) is 22.7 Å². The maximum atomic E-state index is 12.0. The second kappa shape index (κ2) is 4.21. The third kappa shape index (κ3) is 1.59. The monoisotopic (exact) mass is 272 g/mol. The lowest BCUT2D eigenvalue weighted by molar-refractivity contribution is 0.0992. The first-order valence-corrected chi connectivity index (χ1v) is 6.08. The molecule has 0 unspecified atom stereocenters. The van der Waals surface area contributed by atoms with Crippen molar-refractivity contribution in [2.75, 3.05) is 7.11 Å². The molecule has 3 nitrogen and oxygen atoms in total. The fourth-order valence-electron chi connectivity index (χ4n) is 2.36. The van der Waals surface area contributed by atoms with E-state index in [4.69, 9.17) is 16.3 Å². The molecule has 0 N–H and O–H groups in total. The molecule has 0 bridgehead atoms. The number of methoxy groups -OCH3 is 1. The summed E-state index contributed by atoms with van der Waals surface area (Å²) in [7, 11) is 1.48. The molecule has 0 radical (unpaired) electrons. The van der Waals surface area contributed by atoms with E-state index in [9.17, 15) is 9.59 Å². The molecular weight excluding hydrogens is 264 g/mol. The van der Waals surface area contributed by atoms with E-state index in [0.29, 0.717) is 16.2 Å². The molecule has 1 aliphatic rings. The average Bonchev–Trinajstić information content (AvgIpc) is 2.43. The van der Waals surface area contributed by atoms with Crippen molar-refractivity contribution in [2.45, 2.75) is 0 Å². The van der Waals surface area contributed by atoms with Gasteiger partial charge in [0.2, 0.25) is 0 Å². The number of rotatable bonds is 1. The van der Waals surface area contributed by atoms with Gasteiger partial charge in [0.15, 0.2) is 11.6 Å². The van der Waals surface area contributed by atoms with E-state index in [1.807, 2.05) is 18.2 Å². The van der Waals surface area contributed by atoms with Crippen molar-refractivity contribution in [3.63, 3.8) is 0 Å². The average molecular weight is 273 g/mol. The van der Waals surface area contributed by atoms with Gasteiger partial charge in [0.05, 0.1) is 23.3 Å². The number of carbonyl (C=O) groups excluding carboxylic acids is 2. The van der Waals surface area contributed by atoms with Gasteiger partial charge in [-0.3, -0.25) is 9.59 Å². The molecule has 2 aromatic carbocycles. The van der Waals surface area contributed by atoms with Gasteiger partial charge < -0.3 is 4.74 Å². The smallest absolute Gasteiger partial charge is 0.190 e.